The average Bonchev–Trinajstić information content (AvgIpc) is 2.92. The molecule has 5 nitrogen and oxygen atoms in total. The van der Waals surface area contributed by atoms with E-state index in [4.69, 9.17) is 23.2 Å². The second kappa shape index (κ2) is 7.25. The molecule has 25 heavy (non-hydrogen) atoms. The van der Waals surface area contributed by atoms with Crippen LogP contribution in [0.1, 0.15) is 28.7 Å². The lowest BCUT2D eigenvalue weighted by Gasteiger charge is -2.03. The van der Waals surface area contributed by atoms with Crippen LogP contribution >= 0.6 is 23.2 Å². The highest BCUT2D eigenvalue weighted by molar-refractivity contribution is 6.42. The molecule has 0 bridgehead atoms. The Morgan fingerprint density at radius 3 is 2.76 bits per heavy atom. The predicted molar refractivity (Wildman–Crippen MR) is 102 cm³/mol. The molecule has 2 aromatic carbocycles. The Hall–Kier alpha value is -2.37. The maximum atomic E-state index is 12.3. The minimum atomic E-state index is -0.304. The first-order chi connectivity index (χ1) is 12.0. The van der Waals surface area contributed by atoms with E-state index in [1.165, 1.54) is 6.21 Å². The van der Waals surface area contributed by atoms with Gasteiger partial charge in [0.2, 0.25) is 0 Å². The van der Waals surface area contributed by atoms with Crippen LogP contribution in [0.3, 0.4) is 0 Å². The van der Waals surface area contributed by atoms with Crippen LogP contribution in [0.2, 0.25) is 10.0 Å². The number of hydrogen-bond acceptors (Lipinski definition) is 3. The third-order valence-corrected chi connectivity index (χ3v) is 4.58. The molecule has 3 aromatic rings. The summed E-state index contributed by atoms with van der Waals surface area (Å²) in [5, 5.41) is 4.86. The SMILES string of the molecule is CCn1c(C)nc2cc(C(=O)N/N=C/c3ccc(Cl)c(Cl)c3)ccc21. The molecule has 0 fully saturated rings. The summed E-state index contributed by atoms with van der Waals surface area (Å²) < 4.78 is 2.10. The fourth-order valence-electron chi connectivity index (χ4n) is 2.61. The first kappa shape index (κ1) is 17.5. The van der Waals surface area contributed by atoms with Crippen molar-refractivity contribution in [2.75, 3.05) is 0 Å². The highest BCUT2D eigenvalue weighted by atomic mass is 35.5. The number of rotatable bonds is 4. The number of carbonyl (C=O) groups is 1. The molecule has 1 heterocycles. The van der Waals surface area contributed by atoms with Gasteiger partial charge in [0.25, 0.3) is 5.91 Å². The Labute approximate surface area is 155 Å². The number of carbonyl (C=O) groups excluding carboxylic acids is 1. The number of hydrazone groups is 1. The maximum Gasteiger partial charge on any atom is 0.271 e. The molecule has 1 N–H and O–H groups in total. The van der Waals surface area contributed by atoms with E-state index >= 15 is 0 Å². The molecule has 0 saturated carbocycles. The molecular weight excluding hydrogens is 359 g/mol. The fourth-order valence-corrected chi connectivity index (χ4v) is 2.92. The van der Waals surface area contributed by atoms with Gasteiger partial charge in [0, 0.05) is 12.1 Å². The van der Waals surface area contributed by atoms with E-state index in [1.54, 1.807) is 30.3 Å². The first-order valence-electron chi connectivity index (χ1n) is 7.75. The predicted octanol–water partition coefficient (Wildman–Crippen LogP) is 4.44. The highest BCUT2D eigenvalue weighted by Crippen LogP contribution is 2.22. The maximum absolute atomic E-state index is 12.3. The number of halogens is 2. The summed E-state index contributed by atoms with van der Waals surface area (Å²) in [6, 6.07) is 10.5. The van der Waals surface area contributed by atoms with Crippen LogP contribution < -0.4 is 5.43 Å². The van der Waals surface area contributed by atoms with E-state index in [2.05, 4.69) is 27.0 Å². The van der Waals surface area contributed by atoms with Gasteiger partial charge in [0.05, 0.1) is 27.3 Å². The summed E-state index contributed by atoms with van der Waals surface area (Å²) in [7, 11) is 0. The molecule has 0 saturated heterocycles. The van der Waals surface area contributed by atoms with Crippen LogP contribution in [0.5, 0.6) is 0 Å². The zero-order valence-corrected chi connectivity index (χ0v) is 15.3. The minimum absolute atomic E-state index is 0.304. The van der Waals surface area contributed by atoms with Gasteiger partial charge in [-0.15, -0.1) is 0 Å². The lowest BCUT2D eigenvalue weighted by atomic mass is 10.2. The Bertz CT molecular complexity index is 979. The molecule has 0 aliphatic rings. The first-order valence-corrected chi connectivity index (χ1v) is 8.50. The zero-order chi connectivity index (χ0) is 18.0. The number of fused-ring (bicyclic) bond motifs is 1. The van der Waals surface area contributed by atoms with Gasteiger partial charge in [0.1, 0.15) is 5.82 Å². The zero-order valence-electron chi connectivity index (χ0n) is 13.8. The van der Waals surface area contributed by atoms with Crippen LogP contribution in [0.25, 0.3) is 11.0 Å². The number of nitrogens with zero attached hydrogens (tertiary/aromatic N) is 3. The van der Waals surface area contributed by atoms with Crippen LogP contribution in [0, 0.1) is 6.92 Å². The van der Waals surface area contributed by atoms with E-state index in [-0.39, 0.29) is 5.91 Å². The van der Waals surface area contributed by atoms with E-state index in [9.17, 15) is 4.79 Å². The van der Waals surface area contributed by atoms with E-state index in [0.29, 0.717) is 15.6 Å². The summed E-state index contributed by atoms with van der Waals surface area (Å²) in [4.78, 5) is 16.7. The average molecular weight is 375 g/mol. The molecule has 0 atom stereocenters. The lowest BCUT2D eigenvalue weighted by molar-refractivity contribution is 0.0955. The van der Waals surface area contributed by atoms with Crippen molar-refractivity contribution in [1.82, 2.24) is 15.0 Å². The van der Waals surface area contributed by atoms with Crippen molar-refractivity contribution in [3.05, 3.63) is 63.4 Å². The van der Waals surface area contributed by atoms with Crippen LogP contribution in [-0.2, 0) is 6.54 Å². The van der Waals surface area contributed by atoms with Gasteiger partial charge in [0.15, 0.2) is 0 Å². The molecule has 0 unspecified atom stereocenters. The molecule has 128 valence electrons. The third kappa shape index (κ3) is 3.67. The second-order valence-corrected chi connectivity index (χ2v) is 6.29. The van der Waals surface area contributed by atoms with E-state index in [0.717, 1.165) is 29.0 Å². The Balaban J connectivity index is 1.75. The molecule has 0 spiro atoms. The van der Waals surface area contributed by atoms with Crippen molar-refractivity contribution in [3.8, 4) is 0 Å². The molecule has 7 heteroatoms. The molecule has 0 aliphatic carbocycles. The molecule has 3 rings (SSSR count). The number of aryl methyl sites for hydroxylation is 2. The van der Waals surface area contributed by atoms with Crippen LogP contribution in [0.4, 0.5) is 0 Å². The fraction of sp³-hybridized carbons (Fsp3) is 0.167. The van der Waals surface area contributed by atoms with Gasteiger partial charge in [-0.1, -0.05) is 29.3 Å². The topological polar surface area (TPSA) is 59.3 Å². The van der Waals surface area contributed by atoms with Gasteiger partial charge < -0.3 is 4.57 Å². The van der Waals surface area contributed by atoms with Crippen LogP contribution in [-0.4, -0.2) is 21.7 Å². The van der Waals surface area contributed by atoms with Crippen molar-refractivity contribution in [2.24, 2.45) is 5.10 Å². The summed E-state index contributed by atoms with van der Waals surface area (Å²) in [6.45, 7) is 4.85. The van der Waals surface area contributed by atoms with Gasteiger partial charge in [-0.25, -0.2) is 10.4 Å². The molecule has 1 aromatic heterocycles. The summed E-state index contributed by atoms with van der Waals surface area (Å²) >= 11 is 11.8. The van der Waals surface area contributed by atoms with Crippen molar-refractivity contribution in [1.29, 1.82) is 0 Å². The smallest absolute Gasteiger partial charge is 0.271 e. The number of imidazole rings is 1. The summed E-state index contributed by atoms with van der Waals surface area (Å²) in [6.07, 6.45) is 1.51. The van der Waals surface area contributed by atoms with Gasteiger partial charge >= 0.3 is 0 Å². The number of benzene rings is 2. The molecule has 1 amide bonds. The molecule has 0 aliphatic heterocycles. The number of amides is 1. The summed E-state index contributed by atoms with van der Waals surface area (Å²) in [5.41, 5.74) is 5.54. The number of aromatic nitrogens is 2. The summed E-state index contributed by atoms with van der Waals surface area (Å²) in [5.74, 6) is 0.620. The van der Waals surface area contributed by atoms with Crippen molar-refractivity contribution < 1.29 is 4.79 Å². The number of hydrogen-bond donors (Lipinski definition) is 1. The normalized spacial score (nSPS) is 11.4. The van der Waals surface area contributed by atoms with Crippen molar-refractivity contribution >= 4 is 46.4 Å². The van der Waals surface area contributed by atoms with Gasteiger partial charge in [-0.05, 0) is 49.7 Å². The highest BCUT2D eigenvalue weighted by Gasteiger charge is 2.10. The second-order valence-electron chi connectivity index (χ2n) is 5.48. The van der Waals surface area contributed by atoms with E-state index < -0.39 is 0 Å². The van der Waals surface area contributed by atoms with Gasteiger partial charge in [-0.2, -0.15) is 5.10 Å². The standard InChI is InChI=1S/C18H16Cl2N4O/c1-3-24-11(2)22-16-9-13(5-7-17(16)24)18(25)23-21-10-12-4-6-14(19)15(20)8-12/h4-10H,3H2,1-2H3,(H,23,25)/b21-10+. The van der Waals surface area contributed by atoms with Crippen LogP contribution in [0.15, 0.2) is 41.5 Å². The Morgan fingerprint density at radius 1 is 1.24 bits per heavy atom. The monoisotopic (exact) mass is 374 g/mol. The lowest BCUT2D eigenvalue weighted by Crippen LogP contribution is -2.17. The minimum Gasteiger partial charge on any atom is -0.329 e. The third-order valence-electron chi connectivity index (χ3n) is 3.84. The Kier molecular flexibility index (Phi) is 5.06. The quantitative estimate of drug-likeness (QED) is 0.542. The van der Waals surface area contributed by atoms with E-state index in [1.807, 2.05) is 13.0 Å². The Morgan fingerprint density at radius 2 is 2.04 bits per heavy atom. The largest absolute Gasteiger partial charge is 0.329 e. The van der Waals surface area contributed by atoms with Crippen molar-refractivity contribution in [3.63, 3.8) is 0 Å². The van der Waals surface area contributed by atoms with Gasteiger partial charge in [-0.3, -0.25) is 4.79 Å². The number of nitrogens with one attached hydrogen (secondary N) is 1. The van der Waals surface area contributed by atoms with Crippen molar-refractivity contribution in [2.45, 2.75) is 20.4 Å². The molecule has 0 radical (unpaired) electrons. The molecular formula is C18H16Cl2N4O.